The average Bonchev–Trinajstić information content (AvgIpc) is 3.32. The van der Waals surface area contributed by atoms with E-state index >= 15 is 0 Å². The number of hydrogen-bond donors (Lipinski definition) is 2. The molecule has 4 rings (SSSR count). The van der Waals surface area contributed by atoms with Gasteiger partial charge < -0.3 is 24.8 Å². The molecular formula is C23H25N5O2S. The van der Waals surface area contributed by atoms with Crippen LogP contribution in [-0.4, -0.2) is 34.3 Å². The molecule has 1 amide bonds. The van der Waals surface area contributed by atoms with Crippen molar-refractivity contribution in [3.05, 3.63) is 77.9 Å². The summed E-state index contributed by atoms with van der Waals surface area (Å²) in [5.74, 6) is -0.186. The maximum absolute atomic E-state index is 11.9. The van der Waals surface area contributed by atoms with E-state index in [0.29, 0.717) is 5.11 Å². The molecule has 0 aliphatic carbocycles. The summed E-state index contributed by atoms with van der Waals surface area (Å²) in [4.78, 5) is 18.6. The largest absolute Gasteiger partial charge is 0.375 e. The minimum atomic E-state index is -0.186. The molecule has 0 radical (unpaired) electrons. The van der Waals surface area contributed by atoms with Crippen LogP contribution in [0.3, 0.4) is 0 Å². The smallest absolute Gasteiger partial charge is 0.250 e. The zero-order valence-corrected chi connectivity index (χ0v) is 18.5. The van der Waals surface area contributed by atoms with Crippen molar-refractivity contribution in [3.8, 4) is 0 Å². The minimum Gasteiger partial charge on any atom is -0.375 e. The van der Waals surface area contributed by atoms with Crippen molar-refractivity contribution in [2.75, 3.05) is 23.9 Å². The van der Waals surface area contributed by atoms with Gasteiger partial charge in [-0.3, -0.25) is 9.78 Å². The van der Waals surface area contributed by atoms with Crippen LogP contribution in [0.15, 0.2) is 60.9 Å². The zero-order chi connectivity index (χ0) is 22.0. The van der Waals surface area contributed by atoms with Gasteiger partial charge in [0.05, 0.1) is 11.7 Å². The molecule has 31 heavy (non-hydrogen) atoms. The lowest BCUT2D eigenvalue weighted by molar-refractivity contribution is -0.119. The first-order valence-corrected chi connectivity index (χ1v) is 10.4. The summed E-state index contributed by atoms with van der Waals surface area (Å²) in [7, 11) is 3.53. The molecule has 0 bridgehead atoms. The Morgan fingerprint density at radius 2 is 2.10 bits per heavy atom. The second-order valence-corrected chi connectivity index (χ2v) is 7.91. The Morgan fingerprint density at radius 3 is 2.74 bits per heavy atom. The van der Waals surface area contributed by atoms with Gasteiger partial charge in [0.2, 0.25) is 5.91 Å². The van der Waals surface area contributed by atoms with E-state index in [4.69, 9.17) is 17.0 Å². The number of carbonyl (C=O) groups excluding carboxylic acids is 1. The first-order chi connectivity index (χ1) is 15.0. The third-order valence-electron chi connectivity index (χ3n) is 5.42. The van der Waals surface area contributed by atoms with Gasteiger partial charge in [0.1, 0.15) is 12.6 Å². The summed E-state index contributed by atoms with van der Waals surface area (Å²) < 4.78 is 7.01. The van der Waals surface area contributed by atoms with Crippen LogP contribution in [0.2, 0.25) is 0 Å². The number of hydrogen-bond acceptors (Lipinski definition) is 4. The van der Waals surface area contributed by atoms with E-state index in [0.717, 1.165) is 28.3 Å². The number of thiocarbonyl (C=S) groups is 1. The molecule has 8 heteroatoms. The van der Waals surface area contributed by atoms with Gasteiger partial charge in [0, 0.05) is 43.6 Å². The van der Waals surface area contributed by atoms with E-state index in [1.807, 2.05) is 62.6 Å². The maximum Gasteiger partial charge on any atom is 0.250 e. The highest BCUT2D eigenvalue weighted by atomic mass is 32.1. The molecule has 1 fully saturated rings. The van der Waals surface area contributed by atoms with E-state index in [1.54, 1.807) is 6.20 Å². The number of pyridine rings is 1. The molecule has 0 unspecified atom stereocenters. The normalized spacial score (nSPS) is 18.2. The highest BCUT2D eigenvalue weighted by molar-refractivity contribution is 7.80. The van der Waals surface area contributed by atoms with Crippen LogP contribution in [-0.2, 0) is 16.6 Å². The van der Waals surface area contributed by atoms with Gasteiger partial charge >= 0.3 is 0 Å². The van der Waals surface area contributed by atoms with Crippen molar-refractivity contribution in [1.82, 2.24) is 14.9 Å². The van der Waals surface area contributed by atoms with E-state index < -0.39 is 0 Å². The van der Waals surface area contributed by atoms with Gasteiger partial charge in [-0.05, 0) is 67.2 Å². The van der Waals surface area contributed by atoms with E-state index in [1.165, 1.54) is 7.11 Å². The predicted octanol–water partition coefficient (Wildman–Crippen LogP) is 3.49. The third-order valence-corrected chi connectivity index (χ3v) is 5.74. The molecule has 1 aromatic carbocycles. The number of nitrogens with one attached hydrogen (secondary N) is 2. The number of aryl methyl sites for hydroxylation is 2. The highest BCUT2D eigenvalue weighted by Gasteiger charge is 2.41. The highest BCUT2D eigenvalue weighted by Crippen LogP contribution is 2.42. The van der Waals surface area contributed by atoms with Gasteiger partial charge in [-0.1, -0.05) is 6.07 Å². The molecule has 2 N–H and O–H groups in total. The molecule has 7 nitrogen and oxygen atoms in total. The molecular weight excluding hydrogens is 410 g/mol. The van der Waals surface area contributed by atoms with Crippen LogP contribution in [0.25, 0.3) is 0 Å². The predicted molar refractivity (Wildman–Crippen MR) is 125 cm³/mol. The number of ether oxygens (including phenoxy) is 1. The summed E-state index contributed by atoms with van der Waals surface area (Å²) in [6, 6.07) is 15.8. The van der Waals surface area contributed by atoms with Crippen molar-refractivity contribution in [1.29, 1.82) is 0 Å². The minimum absolute atomic E-state index is 0.0165. The number of rotatable bonds is 6. The number of aromatic nitrogens is 2. The van der Waals surface area contributed by atoms with E-state index in [9.17, 15) is 4.79 Å². The molecule has 2 aromatic heterocycles. The SMILES string of the molecule is COCC(=O)Nc1ccc(N2C(=S)N[C@@H](c3ccccn3)[C@@H]2c2cccn2C)cc1C. The van der Waals surface area contributed by atoms with Crippen molar-refractivity contribution >= 4 is 34.6 Å². The zero-order valence-electron chi connectivity index (χ0n) is 17.7. The average molecular weight is 436 g/mol. The van der Waals surface area contributed by atoms with Crippen molar-refractivity contribution in [2.24, 2.45) is 7.05 Å². The summed E-state index contributed by atoms with van der Waals surface area (Å²) in [6.45, 7) is 1.98. The molecule has 1 aliphatic heterocycles. The summed E-state index contributed by atoms with van der Waals surface area (Å²) >= 11 is 5.77. The number of anilines is 2. The number of amides is 1. The lowest BCUT2D eigenvalue weighted by Gasteiger charge is -2.29. The second-order valence-electron chi connectivity index (χ2n) is 7.52. The molecule has 3 aromatic rings. The van der Waals surface area contributed by atoms with Crippen LogP contribution >= 0.6 is 12.2 Å². The quantitative estimate of drug-likeness (QED) is 0.578. The Labute approximate surface area is 187 Å². The van der Waals surface area contributed by atoms with E-state index in [-0.39, 0.29) is 24.6 Å². The fourth-order valence-corrected chi connectivity index (χ4v) is 4.32. The molecule has 3 heterocycles. The van der Waals surface area contributed by atoms with Crippen LogP contribution in [0.4, 0.5) is 11.4 Å². The fourth-order valence-electron chi connectivity index (χ4n) is 3.97. The number of carbonyl (C=O) groups is 1. The Hall–Kier alpha value is -3.23. The van der Waals surface area contributed by atoms with Gasteiger partial charge in [-0.2, -0.15) is 0 Å². The third kappa shape index (κ3) is 4.17. The Balaban J connectivity index is 1.72. The van der Waals surface area contributed by atoms with E-state index in [2.05, 4.69) is 31.2 Å². The molecule has 0 spiro atoms. The van der Waals surface area contributed by atoms with Crippen LogP contribution in [0.1, 0.15) is 29.0 Å². The molecule has 1 saturated heterocycles. The fraction of sp³-hybridized carbons (Fsp3) is 0.261. The standard InChI is InChI=1S/C23H25N5O2S/c1-15-13-16(9-10-17(15)25-20(29)14-30-3)28-22(19-8-6-12-27(19)2)21(26-23(28)31)18-7-4-5-11-24-18/h4-13,21-22H,14H2,1-3H3,(H,25,29)(H,26,31)/t21-,22-/m0/s1. The summed E-state index contributed by atoms with van der Waals surface area (Å²) in [6.07, 6.45) is 3.83. The van der Waals surface area contributed by atoms with Gasteiger partial charge in [0.15, 0.2) is 5.11 Å². The first-order valence-electron chi connectivity index (χ1n) is 10.0. The van der Waals surface area contributed by atoms with Gasteiger partial charge in [-0.25, -0.2) is 0 Å². The molecule has 1 aliphatic rings. The second kappa shape index (κ2) is 8.87. The van der Waals surface area contributed by atoms with Crippen molar-refractivity contribution in [2.45, 2.75) is 19.0 Å². The Kier molecular flexibility index (Phi) is 6.01. The first kappa shape index (κ1) is 21.0. The molecule has 0 saturated carbocycles. The van der Waals surface area contributed by atoms with Crippen molar-refractivity contribution < 1.29 is 9.53 Å². The van der Waals surface area contributed by atoms with Crippen LogP contribution in [0, 0.1) is 6.92 Å². The van der Waals surface area contributed by atoms with Gasteiger partial charge in [0.25, 0.3) is 0 Å². The topological polar surface area (TPSA) is 71.4 Å². The van der Waals surface area contributed by atoms with Gasteiger partial charge in [-0.15, -0.1) is 0 Å². The Morgan fingerprint density at radius 1 is 1.26 bits per heavy atom. The van der Waals surface area contributed by atoms with Crippen LogP contribution in [0.5, 0.6) is 0 Å². The number of benzene rings is 1. The number of nitrogens with zero attached hydrogens (tertiary/aromatic N) is 3. The number of methoxy groups -OCH3 is 1. The van der Waals surface area contributed by atoms with Crippen molar-refractivity contribution in [3.63, 3.8) is 0 Å². The lowest BCUT2D eigenvalue weighted by atomic mass is 10.0. The monoisotopic (exact) mass is 435 g/mol. The lowest BCUT2D eigenvalue weighted by Crippen LogP contribution is -2.30. The summed E-state index contributed by atoms with van der Waals surface area (Å²) in [5.41, 5.74) is 4.69. The maximum atomic E-state index is 11.9. The van der Waals surface area contributed by atoms with Crippen LogP contribution < -0.4 is 15.5 Å². The Bertz CT molecular complexity index is 1100. The molecule has 2 atom stereocenters. The summed E-state index contributed by atoms with van der Waals surface area (Å²) in [5, 5.41) is 6.98. The molecule has 160 valence electrons.